The van der Waals surface area contributed by atoms with Crippen molar-refractivity contribution in [3.8, 4) is 0 Å². The summed E-state index contributed by atoms with van der Waals surface area (Å²) in [6.07, 6.45) is 10.3. The predicted octanol–water partition coefficient (Wildman–Crippen LogP) is 2.44. The van der Waals surface area contributed by atoms with Crippen molar-refractivity contribution in [2.24, 2.45) is 5.41 Å². The second-order valence-electron chi connectivity index (χ2n) is 5.08. The second-order valence-corrected chi connectivity index (χ2v) is 5.08. The van der Waals surface area contributed by atoms with E-state index in [0.29, 0.717) is 12.8 Å². The maximum absolute atomic E-state index is 10.6. The van der Waals surface area contributed by atoms with E-state index in [9.17, 15) is 9.90 Å². The number of hydrogen-bond donors (Lipinski definition) is 1. The fourth-order valence-corrected chi connectivity index (χ4v) is 3.67. The van der Waals surface area contributed by atoms with Crippen LogP contribution in [0, 0.1) is 5.41 Å². The van der Waals surface area contributed by atoms with E-state index in [-0.39, 0.29) is 5.41 Å². The van der Waals surface area contributed by atoms with Gasteiger partial charge in [0.25, 0.3) is 0 Å². The highest BCUT2D eigenvalue weighted by atomic mass is 16.3. The van der Waals surface area contributed by atoms with Crippen molar-refractivity contribution < 1.29 is 9.90 Å². The van der Waals surface area contributed by atoms with E-state index in [1.54, 1.807) is 0 Å². The third-order valence-corrected chi connectivity index (χ3v) is 4.47. The molecule has 0 amide bonds. The topological polar surface area (TPSA) is 37.3 Å². The van der Waals surface area contributed by atoms with Crippen LogP contribution in [0.2, 0.25) is 0 Å². The SMILES string of the molecule is O=CCCC1(O)CCCC12CCCC2. The molecule has 1 N–H and O–H groups in total. The van der Waals surface area contributed by atoms with E-state index in [1.165, 1.54) is 32.1 Å². The Balaban J connectivity index is 2.11. The minimum absolute atomic E-state index is 0.190. The second kappa shape index (κ2) is 3.65. The first kappa shape index (κ1) is 10.2. The fourth-order valence-electron chi connectivity index (χ4n) is 3.67. The molecule has 2 fully saturated rings. The molecule has 14 heavy (non-hydrogen) atoms. The van der Waals surface area contributed by atoms with Gasteiger partial charge >= 0.3 is 0 Å². The largest absolute Gasteiger partial charge is 0.389 e. The van der Waals surface area contributed by atoms with Crippen LogP contribution in [0.5, 0.6) is 0 Å². The first-order chi connectivity index (χ1) is 6.72. The molecule has 0 aliphatic heterocycles. The van der Waals surface area contributed by atoms with Gasteiger partial charge in [-0.2, -0.15) is 0 Å². The number of hydrogen-bond acceptors (Lipinski definition) is 2. The van der Waals surface area contributed by atoms with Crippen LogP contribution in [-0.2, 0) is 4.79 Å². The van der Waals surface area contributed by atoms with Gasteiger partial charge in [0.2, 0.25) is 0 Å². The lowest BCUT2D eigenvalue weighted by Gasteiger charge is -2.39. The molecule has 0 bridgehead atoms. The van der Waals surface area contributed by atoms with Crippen molar-refractivity contribution >= 4 is 6.29 Å². The van der Waals surface area contributed by atoms with Crippen molar-refractivity contribution in [1.82, 2.24) is 0 Å². The lowest BCUT2D eigenvalue weighted by molar-refractivity contribution is -0.111. The van der Waals surface area contributed by atoms with Gasteiger partial charge in [0.1, 0.15) is 6.29 Å². The third kappa shape index (κ3) is 1.40. The number of carbonyl (C=O) groups excluding carboxylic acids is 1. The molecule has 80 valence electrons. The third-order valence-electron chi connectivity index (χ3n) is 4.47. The predicted molar refractivity (Wildman–Crippen MR) is 55.0 cm³/mol. The first-order valence-electron chi connectivity index (χ1n) is 5.89. The highest BCUT2D eigenvalue weighted by molar-refractivity contribution is 5.49. The van der Waals surface area contributed by atoms with E-state index in [1.807, 2.05) is 0 Å². The van der Waals surface area contributed by atoms with Gasteiger partial charge in [0.15, 0.2) is 0 Å². The molecular formula is C12H20O2. The first-order valence-corrected chi connectivity index (χ1v) is 5.89. The van der Waals surface area contributed by atoms with Crippen molar-refractivity contribution in [2.75, 3.05) is 0 Å². The van der Waals surface area contributed by atoms with Crippen molar-refractivity contribution in [2.45, 2.75) is 63.4 Å². The normalized spacial score (nSPS) is 35.2. The van der Waals surface area contributed by atoms with E-state index in [0.717, 1.165) is 19.1 Å². The minimum atomic E-state index is -0.510. The average Bonchev–Trinajstić information content (AvgIpc) is 2.75. The van der Waals surface area contributed by atoms with Gasteiger partial charge < -0.3 is 9.90 Å². The van der Waals surface area contributed by atoms with Gasteiger partial charge in [-0.25, -0.2) is 0 Å². The Morgan fingerprint density at radius 3 is 2.36 bits per heavy atom. The highest BCUT2D eigenvalue weighted by Gasteiger charge is 2.53. The Hall–Kier alpha value is -0.370. The summed E-state index contributed by atoms with van der Waals surface area (Å²) in [4.78, 5) is 10.4. The molecule has 0 aromatic rings. The monoisotopic (exact) mass is 196 g/mol. The van der Waals surface area contributed by atoms with Crippen molar-refractivity contribution in [1.29, 1.82) is 0 Å². The summed E-state index contributed by atoms with van der Waals surface area (Å²) in [5.74, 6) is 0. The van der Waals surface area contributed by atoms with Gasteiger partial charge in [0.05, 0.1) is 5.60 Å². The summed E-state index contributed by atoms with van der Waals surface area (Å²) in [5.41, 5.74) is -0.319. The zero-order valence-corrected chi connectivity index (χ0v) is 8.80. The van der Waals surface area contributed by atoms with Crippen LogP contribution < -0.4 is 0 Å². The molecule has 2 rings (SSSR count). The summed E-state index contributed by atoms with van der Waals surface area (Å²) < 4.78 is 0. The molecule has 0 aromatic carbocycles. The van der Waals surface area contributed by atoms with Gasteiger partial charge in [-0.05, 0) is 43.9 Å². The Labute approximate surface area is 85.7 Å². The van der Waals surface area contributed by atoms with E-state index in [2.05, 4.69) is 0 Å². The standard InChI is InChI=1S/C12H20O2/c13-10-4-9-12(14)8-3-7-11(12)5-1-2-6-11/h10,14H,1-9H2. The maximum atomic E-state index is 10.6. The van der Waals surface area contributed by atoms with Crippen LogP contribution >= 0.6 is 0 Å². The lowest BCUT2D eigenvalue weighted by Crippen LogP contribution is -2.42. The fraction of sp³-hybridized carbons (Fsp3) is 0.917. The van der Waals surface area contributed by atoms with Crippen LogP contribution in [0.25, 0.3) is 0 Å². The van der Waals surface area contributed by atoms with E-state index >= 15 is 0 Å². The number of rotatable bonds is 3. The Kier molecular flexibility index (Phi) is 2.65. The summed E-state index contributed by atoms with van der Waals surface area (Å²) in [5, 5.41) is 10.6. The maximum Gasteiger partial charge on any atom is 0.120 e. The molecule has 0 radical (unpaired) electrons. The van der Waals surface area contributed by atoms with Crippen LogP contribution in [-0.4, -0.2) is 17.0 Å². The minimum Gasteiger partial charge on any atom is -0.389 e. The molecule has 1 atom stereocenters. The Morgan fingerprint density at radius 2 is 1.71 bits per heavy atom. The van der Waals surface area contributed by atoms with Crippen molar-refractivity contribution in [3.63, 3.8) is 0 Å². The molecule has 2 saturated carbocycles. The Bertz CT molecular complexity index is 213. The molecule has 2 aliphatic carbocycles. The highest BCUT2D eigenvalue weighted by Crippen LogP contribution is 2.57. The van der Waals surface area contributed by atoms with Crippen LogP contribution in [0.1, 0.15) is 57.8 Å². The molecule has 0 aromatic heterocycles. The van der Waals surface area contributed by atoms with Crippen LogP contribution in [0.15, 0.2) is 0 Å². The van der Waals surface area contributed by atoms with Crippen molar-refractivity contribution in [3.05, 3.63) is 0 Å². The number of carbonyl (C=O) groups is 1. The summed E-state index contributed by atoms with van der Waals surface area (Å²) in [6, 6.07) is 0. The Morgan fingerprint density at radius 1 is 1.07 bits per heavy atom. The van der Waals surface area contributed by atoms with E-state index in [4.69, 9.17) is 0 Å². The quantitative estimate of drug-likeness (QED) is 0.704. The molecule has 0 saturated heterocycles. The lowest BCUT2D eigenvalue weighted by atomic mass is 9.71. The molecular weight excluding hydrogens is 176 g/mol. The average molecular weight is 196 g/mol. The summed E-state index contributed by atoms with van der Waals surface area (Å²) >= 11 is 0. The molecule has 2 aliphatic rings. The van der Waals surface area contributed by atoms with E-state index < -0.39 is 5.60 Å². The number of aldehydes is 1. The smallest absolute Gasteiger partial charge is 0.120 e. The van der Waals surface area contributed by atoms with Gasteiger partial charge in [-0.15, -0.1) is 0 Å². The zero-order valence-electron chi connectivity index (χ0n) is 8.80. The zero-order chi connectivity index (χ0) is 10.1. The molecule has 0 heterocycles. The molecule has 2 heteroatoms. The summed E-state index contributed by atoms with van der Waals surface area (Å²) in [7, 11) is 0. The van der Waals surface area contributed by atoms with Gasteiger partial charge in [0, 0.05) is 6.42 Å². The molecule has 2 nitrogen and oxygen atoms in total. The molecule has 1 spiro atoms. The van der Waals surface area contributed by atoms with Gasteiger partial charge in [-0.3, -0.25) is 0 Å². The van der Waals surface area contributed by atoms with Crippen LogP contribution in [0.4, 0.5) is 0 Å². The van der Waals surface area contributed by atoms with Gasteiger partial charge in [-0.1, -0.05) is 12.8 Å². The molecule has 1 unspecified atom stereocenters. The van der Waals surface area contributed by atoms with Crippen LogP contribution in [0.3, 0.4) is 0 Å². The summed E-state index contributed by atoms with van der Waals surface area (Å²) in [6.45, 7) is 0. The number of aliphatic hydroxyl groups is 1.